The summed E-state index contributed by atoms with van der Waals surface area (Å²) in [4.78, 5) is 15.4. The lowest BCUT2D eigenvalue weighted by Crippen LogP contribution is -2.11. The van der Waals surface area contributed by atoms with E-state index in [4.69, 9.17) is 0 Å². The van der Waals surface area contributed by atoms with Crippen LogP contribution in [0.1, 0.15) is 94.6 Å². The second-order valence-corrected chi connectivity index (χ2v) is 14.6. The van der Waals surface area contributed by atoms with E-state index in [9.17, 15) is 4.79 Å². The van der Waals surface area contributed by atoms with Crippen LogP contribution in [0, 0.1) is 17.8 Å². The Balaban J connectivity index is 0.972. The third kappa shape index (κ3) is 11.2. The van der Waals surface area contributed by atoms with Crippen LogP contribution in [0.2, 0.25) is 0 Å². The third-order valence-electron chi connectivity index (χ3n) is 9.03. The Morgan fingerprint density at radius 2 is 1.21 bits per heavy atom. The molecule has 0 spiro atoms. The molecule has 2 aliphatic carbocycles. The van der Waals surface area contributed by atoms with Gasteiger partial charge in [-0.05, 0) is 91.0 Å². The van der Waals surface area contributed by atoms with E-state index in [1.54, 1.807) is 0 Å². The first-order chi connectivity index (χ1) is 21.2. The first-order valence-electron chi connectivity index (χ1n) is 16.7. The van der Waals surface area contributed by atoms with Crippen molar-refractivity contribution in [3.8, 4) is 0 Å². The number of carbonyl (C=O) groups excluding carboxylic acids is 1. The van der Waals surface area contributed by atoms with Crippen molar-refractivity contribution in [3.05, 3.63) is 102 Å². The Morgan fingerprint density at radius 1 is 0.651 bits per heavy atom. The van der Waals surface area contributed by atoms with Gasteiger partial charge in [0.1, 0.15) is 0 Å². The van der Waals surface area contributed by atoms with Crippen LogP contribution in [-0.4, -0.2) is 5.91 Å². The van der Waals surface area contributed by atoms with Gasteiger partial charge in [0, 0.05) is 33.4 Å². The number of unbranched alkanes of at least 4 members (excludes halogenated alkanes) is 8. The number of rotatable bonds is 19. The van der Waals surface area contributed by atoms with Gasteiger partial charge >= 0.3 is 0 Å². The maximum absolute atomic E-state index is 12.8. The molecule has 2 bridgehead atoms. The molecule has 1 fully saturated rings. The zero-order valence-electron chi connectivity index (χ0n) is 25.7. The van der Waals surface area contributed by atoms with Gasteiger partial charge in [-0.2, -0.15) is 0 Å². The Morgan fingerprint density at radius 3 is 1.74 bits per heavy atom. The molecule has 0 radical (unpaired) electrons. The fourth-order valence-corrected chi connectivity index (χ4v) is 8.45. The van der Waals surface area contributed by atoms with Gasteiger partial charge in [-0.15, -0.1) is 23.5 Å². The van der Waals surface area contributed by atoms with Crippen molar-refractivity contribution < 1.29 is 4.79 Å². The number of nitrogens with one attached hydrogen (secondary N) is 1. The largest absolute Gasteiger partial charge is 0.326 e. The smallest absolute Gasteiger partial charge is 0.224 e. The van der Waals surface area contributed by atoms with Crippen LogP contribution >= 0.6 is 23.5 Å². The Labute approximate surface area is 268 Å². The molecule has 3 aromatic carbocycles. The maximum Gasteiger partial charge on any atom is 0.224 e. The minimum absolute atomic E-state index is 0.139. The topological polar surface area (TPSA) is 29.1 Å². The molecule has 5 rings (SSSR count). The van der Waals surface area contributed by atoms with Gasteiger partial charge in [-0.1, -0.05) is 106 Å². The molecule has 2 aliphatic rings. The number of hydrogen-bond donors (Lipinski definition) is 1. The molecule has 3 atom stereocenters. The Bertz CT molecular complexity index is 1210. The molecule has 1 amide bonds. The quantitative estimate of drug-likeness (QED) is 0.0830. The SMILES string of the molecule is O=C(CCCCCCCCCCCC1CC2C=CC1C2)Nc1cc(CSc2ccccc2)cc(CSc2ccccc2)c1. The van der Waals surface area contributed by atoms with Gasteiger partial charge in [-0.3, -0.25) is 4.79 Å². The van der Waals surface area contributed by atoms with Crippen molar-refractivity contribution in [2.45, 2.75) is 105 Å². The minimum Gasteiger partial charge on any atom is -0.326 e. The fraction of sp³-hybridized carbons (Fsp3) is 0.462. The molecule has 43 heavy (non-hydrogen) atoms. The maximum atomic E-state index is 12.8. The molecule has 228 valence electrons. The lowest BCUT2D eigenvalue weighted by Gasteiger charge is -2.17. The monoisotopic (exact) mass is 611 g/mol. The zero-order chi connectivity index (χ0) is 29.5. The summed E-state index contributed by atoms with van der Waals surface area (Å²) in [6, 6.07) is 27.7. The standard InChI is InChI=1S/C39H49NOS2/c41-39(21-15-7-5-3-1-2-4-6-10-16-34-25-31-22-23-35(34)26-31)40-36-27-32(29-42-37-17-11-8-12-18-37)24-33(28-36)30-43-38-19-13-9-14-20-38/h8-9,11-14,17-20,22-24,27-28,31,34-35H,1-7,10,15-16,21,25-26,29-30H2,(H,40,41). The van der Waals surface area contributed by atoms with Crippen LogP contribution in [0.4, 0.5) is 5.69 Å². The highest BCUT2D eigenvalue weighted by atomic mass is 32.2. The van der Waals surface area contributed by atoms with Gasteiger partial charge in [0.15, 0.2) is 0 Å². The van der Waals surface area contributed by atoms with E-state index in [-0.39, 0.29) is 5.91 Å². The van der Waals surface area contributed by atoms with Crippen molar-refractivity contribution in [1.82, 2.24) is 0 Å². The summed E-state index contributed by atoms with van der Waals surface area (Å²) in [6.07, 6.45) is 21.6. The number of carbonyl (C=O) groups is 1. The first kappa shape index (κ1) is 32.0. The van der Waals surface area contributed by atoms with Gasteiger partial charge in [0.2, 0.25) is 5.91 Å². The lowest BCUT2D eigenvalue weighted by molar-refractivity contribution is -0.116. The Hall–Kier alpha value is -2.43. The molecule has 1 N–H and O–H groups in total. The number of anilines is 1. The summed E-state index contributed by atoms with van der Waals surface area (Å²) in [6.45, 7) is 0. The van der Waals surface area contributed by atoms with Crippen molar-refractivity contribution in [3.63, 3.8) is 0 Å². The summed E-state index contributed by atoms with van der Waals surface area (Å²) < 4.78 is 0. The van der Waals surface area contributed by atoms with E-state index in [0.29, 0.717) is 6.42 Å². The summed E-state index contributed by atoms with van der Waals surface area (Å²) in [7, 11) is 0. The van der Waals surface area contributed by atoms with Crippen LogP contribution in [-0.2, 0) is 16.3 Å². The van der Waals surface area contributed by atoms with Crippen molar-refractivity contribution >= 4 is 35.1 Å². The van der Waals surface area contributed by atoms with Crippen LogP contribution in [0.3, 0.4) is 0 Å². The van der Waals surface area contributed by atoms with Gasteiger partial charge in [-0.25, -0.2) is 0 Å². The molecular formula is C39H49NOS2. The van der Waals surface area contributed by atoms with E-state index in [0.717, 1.165) is 47.8 Å². The lowest BCUT2D eigenvalue weighted by atomic mass is 9.88. The van der Waals surface area contributed by atoms with E-state index in [1.165, 1.54) is 85.1 Å². The molecule has 0 heterocycles. The predicted molar refractivity (Wildman–Crippen MR) is 187 cm³/mol. The molecule has 1 saturated carbocycles. The molecule has 4 heteroatoms. The molecular weight excluding hydrogens is 563 g/mol. The first-order valence-corrected chi connectivity index (χ1v) is 18.6. The number of amides is 1. The summed E-state index contributed by atoms with van der Waals surface area (Å²) in [5, 5.41) is 3.22. The molecule has 3 aromatic rings. The van der Waals surface area contributed by atoms with Crippen LogP contribution in [0.25, 0.3) is 0 Å². The fourth-order valence-electron chi connectivity index (χ4n) is 6.75. The molecule has 2 nitrogen and oxygen atoms in total. The van der Waals surface area contributed by atoms with Crippen LogP contribution in [0.15, 0.2) is 101 Å². The molecule has 0 saturated heterocycles. The number of fused-ring (bicyclic) bond motifs is 2. The van der Waals surface area contributed by atoms with E-state index in [2.05, 4.69) is 96.3 Å². The molecule has 0 aliphatic heterocycles. The number of hydrogen-bond acceptors (Lipinski definition) is 3. The molecule has 3 unspecified atom stereocenters. The minimum atomic E-state index is 0.139. The van der Waals surface area contributed by atoms with E-state index < -0.39 is 0 Å². The normalized spacial score (nSPS) is 18.7. The van der Waals surface area contributed by atoms with Crippen molar-refractivity contribution in [2.75, 3.05) is 5.32 Å². The van der Waals surface area contributed by atoms with E-state index in [1.807, 2.05) is 23.5 Å². The average Bonchev–Trinajstić information content (AvgIpc) is 3.66. The highest BCUT2D eigenvalue weighted by molar-refractivity contribution is 7.98. The van der Waals surface area contributed by atoms with Gasteiger partial charge in [0.25, 0.3) is 0 Å². The highest BCUT2D eigenvalue weighted by Crippen LogP contribution is 2.45. The van der Waals surface area contributed by atoms with E-state index >= 15 is 0 Å². The summed E-state index contributed by atoms with van der Waals surface area (Å²) >= 11 is 3.68. The number of thioether (sulfide) groups is 2. The zero-order valence-corrected chi connectivity index (χ0v) is 27.4. The summed E-state index contributed by atoms with van der Waals surface area (Å²) in [5.41, 5.74) is 3.42. The highest BCUT2D eigenvalue weighted by Gasteiger charge is 2.34. The summed E-state index contributed by atoms with van der Waals surface area (Å²) in [5.74, 6) is 4.74. The average molecular weight is 612 g/mol. The number of allylic oxidation sites excluding steroid dienone is 2. The third-order valence-corrected chi connectivity index (χ3v) is 11.2. The van der Waals surface area contributed by atoms with Crippen LogP contribution < -0.4 is 5.32 Å². The second kappa shape index (κ2) is 17.8. The van der Waals surface area contributed by atoms with Gasteiger partial charge < -0.3 is 5.32 Å². The Kier molecular flexibility index (Phi) is 13.2. The molecule has 0 aromatic heterocycles. The van der Waals surface area contributed by atoms with Gasteiger partial charge in [0.05, 0.1) is 0 Å². The van der Waals surface area contributed by atoms with Crippen LogP contribution in [0.5, 0.6) is 0 Å². The van der Waals surface area contributed by atoms with Crippen molar-refractivity contribution in [2.24, 2.45) is 17.8 Å². The second-order valence-electron chi connectivity index (χ2n) is 12.6. The predicted octanol–water partition coefficient (Wildman–Crippen LogP) is 11.7. The number of benzene rings is 3. The van der Waals surface area contributed by atoms with Crippen molar-refractivity contribution in [1.29, 1.82) is 0 Å².